The number of ether oxygens (including phenoxy) is 1. The highest BCUT2D eigenvalue weighted by Crippen LogP contribution is 2.25. The molecule has 0 unspecified atom stereocenters. The maximum absolute atomic E-state index is 13.0. The van der Waals surface area contributed by atoms with Crippen LogP contribution < -0.4 is 5.32 Å². The molecule has 0 saturated carbocycles. The number of sulfonamides is 1. The molecule has 168 valence electrons. The molecule has 0 atom stereocenters. The molecule has 2 aromatic carbocycles. The summed E-state index contributed by atoms with van der Waals surface area (Å²) < 4.78 is 34.0. The van der Waals surface area contributed by atoms with E-state index in [0.29, 0.717) is 30.6 Å². The van der Waals surface area contributed by atoms with Crippen LogP contribution in [0.15, 0.2) is 59.6 Å². The third-order valence-electron chi connectivity index (χ3n) is 5.03. The number of rotatable bonds is 6. The van der Waals surface area contributed by atoms with Gasteiger partial charge in [-0.1, -0.05) is 41.4 Å². The van der Waals surface area contributed by atoms with Crippen molar-refractivity contribution in [3.63, 3.8) is 0 Å². The molecule has 0 radical (unpaired) electrons. The fraction of sp³-hybridized carbons (Fsp3) is 0.238. The Labute approximate surface area is 195 Å². The number of hydrogen-bond acceptors (Lipinski definition) is 5. The summed E-state index contributed by atoms with van der Waals surface area (Å²) in [6.45, 7) is 1.52. The zero-order valence-corrected chi connectivity index (χ0v) is 19.2. The van der Waals surface area contributed by atoms with E-state index in [1.54, 1.807) is 23.0 Å². The van der Waals surface area contributed by atoms with Gasteiger partial charge in [-0.25, -0.2) is 13.1 Å². The van der Waals surface area contributed by atoms with Crippen LogP contribution in [-0.4, -0.2) is 54.7 Å². The van der Waals surface area contributed by atoms with Gasteiger partial charge in [0.05, 0.1) is 41.4 Å². The summed E-state index contributed by atoms with van der Waals surface area (Å²) in [7, 11) is -3.77. The first-order valence-corrected chi connectivity index (χ1v) is 12.0. The Morgan fingerprint density at radius 3 is 2.56 bits per heavy atom. The van der Waals surface area contributed by atoms with Crippen LogP contribution >= 0.6 is 23.2 Å². The van der Waals surface area contributed by atoms with Gasteiger partial charge < -0.3 is 10.1 Å². The Bertz CT molecular complexity index is 1240. The molecular formula is C21H20Cl2N4O4S. The predicted octanol–water partition coefficient (Wildman–Crippen LogP) is 3.51. The molecule has 1 amide bonds. The third kappa shape index (κ3) is 4.82. The minimum absolute atomic E-state index is 0.00137. The SMILES string of the molecule is O=C(Nc1ccnn1Cc1ccccc1Cl)c1cc(S(=O)(=O)N2CCOCC2)ccc1Cl. The number of carbonyl (C=O) groups excluding carboxylic acids is 1. The van der Waals surface area contributed by atoms with E-state index in [9.17, 15) is 13.2 Å². The van der Waals surface area contributed by atoms with Gasteiger partial charge >= 0.3 is 0 Å². The van der Waals surface area contributed by atoms with Crippen molar-refractivity contribution < 1.29 is 17.9 Å². The maximum atomic E-state index is 13.0. The first-order chi connectivity index (χ1) is 15.4. The van der Waals surface area contributed by atoms with Crippen molar-refractivity contribution in [3.05, 3.63) is 75.9 Å². The molecule has 1 saturated heterocycles. The second-order valence-corrected chi connectivity index (χ2v) is 9.83. The van der Waals surface area contributed by atoms with Gasteiger partial charge in [-0.3, -0.25) is 4.79 Å². The van der Waals surface area contributed by atoms with Crippen molar-refractivity contribution in [1.82, 2.24) is 14.1 Å². The van der Waals surface area contributed by atoms with Crippen LogP contribution in [0, 0.1) is 0 Å². The average molecular weight is 495 g/mol. The molecule has 1 N–H and O–H groups in total. The van der Waals surface area contributed by atoms with E-state index in [2.05, 4.69) is 10.4 Å². The fourth-order valence-corrected chi connectivity index (χ4v) is 5.14. The van der Waals surface area contributed by atoms with Crippen molar-refractivity contribution in [1.29, 1.82) is 0 Å². The van der Waals surface area contributed by atoms with E-state index < -0.39 is 15.9 Å². The van der Waals surface area contributed by atoms with Gasteiger partial charge in [0, 0.05) is 24.2 Å². The molecule has 0 bridgehead atoms. The zero-order valence-electron chi connectivity index (χ0n) is 16.9. The summed E-state index contributed by atoms with van der Waals surface area (Å²) in [5, 5.41) is 7.71. The molecule has 1 aliphatic heterocycles. The number of carbonyl (C=O) groups is 1. The third-order valence-corrected chi connectivity index (χ3v) is 7.62. The summed E-state index contributed by atoms with van der Waals surface area (Å²) >= 11 is 12.5. The summed E-state index contributed by atoms with van der Waals surface area (Å²) in [4.78, 5) is 13.0. The standard InChI is InChI=1S/C21H20Cl2N4O4S/c22-18-4-2-1-3-15(18)14-27-20(7-8-24-27)25-21(28)17-13-16(5-6-19(17)23)32(29,30)26-9-11-31-12-10-26/h1-8,13H,9-12,14H2,(H,25,28). The van der Waals surface area contributed by atoms with Gasteiger partial charge in [-0.05, 0) is 29.8 Å². The molecular weight excluding hydrogens is 475 g/mol. The van der Waals surface area contributed by atoms with E-state index in [4.69, 9.17) is 27.9 Å². The Morgan fingerprint density at radius 1 is 1.06 bits per heavy atom. The minimum atomic E-state index is -3.77. The molecule has 1 aliphatic rings. The summed E-state index contributed by atoms with van der Waals surface area (Å²) in [6, 6.07) is 13.1. The molecule has 0 spiro atoms. The topological polar surface area (TPSA) is 93.5 Å². The first kappa shape index (κ1) is 22.8. The molecule has 3 aromatic rings. The van der Waals surface area contributed by atoms with Crippen molar-refractivity contribution in [3.8, 4) is 0 Å². The van der Waals surface area contributed by atoms with Crippen LogP contribution in [0.25, 0.3) is 0 Å². The first-order valence-electron chi connectivity index (χ1n) is 9.80. The second kappa shape index (κ2) is 9.60. The smallest absolute Gasteiger partial charge is 0.258 e. The quantitative estimate of drug-likeness (QED) is 0.565. The van der Waals surface area contributed by atoms with Crippen LogP contribution in [0.5, 0.6) is 0 Å². The number of amides is 1. The van der Waals surface area contributed by atoms with Crippen molar-refractivity contribution in [2.75, 3.05) is 31.6 Å². The molecule has 11 heteroatoms. The Morgan fingerprint density at radius 2 is 1.81 bits per heavy atom. The number of nitrogens with zero attached hydrogens (tertiary/aromatic N) is 3. The Kier molecular flexibility index (Phi) is 6.82. The van der Waals surface area contributed by atoms with E-state index in [1.165, 1.54) is 22.5 Å². The lowest BCUT2D eigenvalue weighted by Crippen LogP contribution is -2.40. The van der Waals surface area contributed by atoms with Gasteiger partial charge in [0.1, 0.15) is 5.82 Å². The molecule has 1 fully saturated rings. The number of aromatic nitrogens is 2. The largest absolute Gasteiger partial charge is 0.379 e. The highest BCUT2D eigenvalue weighted by molar-refractivity contribution is 7.89. The van der Waals surface area contributed by atoms with Crippen molar-refractivity contribution >= 4 is 45.0 Å². The maximum Gasteiger partial charge on any atom is 0.258 e. The second-order valence-electron chi connectivity index (χ2n) is 7.08. The lowest BCUT2D eigenvalue weighted by molar-refractivity contribution is 0.0730. The summed E-state index contributed by atoms with van der Waals surface area (Å²) in [5.41, 5.74) is 0.886. The van der Waals surface area contributed by atoms with Crippen molar-refractivity contribution in [2.24, 2.45) is 0 Å². The lowest BCUT2D eigenvalue weighted by Gasteiger charge is -2.26. The highest BCUT2D eigenvalue weighted by atomic mass is 35.5. The van der Waals surface area contributed by atoms with E-state index in [1.807, 2.05) is 18.2 Å². The summed E-state index contributed by atoms with van der Waals surface area (Å²) in [5.74, 6) is -0.123. The van der Waals surface area contributed by atoms with E-state index >= 15 is 0 Å². The number of nitrogens with one attached hydrogen (secondary N) is 1. The number of anilines is 1. The average Bonchev–Trinajstić information content (AvgIpc) is 3.22. The monoisotopic (exact) mass is 494 g/mol. The highest BCUT2D eigenvalue weighted by Gasteiger charge is 2.27. The van der Waals surface area contributed by atoms with Gasteiger partial charge in [0.25, 0.3) is 5.91 Å². The molecule has 0 aliphatic carbocycles. The Hall–Kier alpha value is -2.43. The van der Waals surface area contributed by atoms with Gasteiger partial charge in [0.2, 0.25) is 10.0 Å². The minimum Gasteiger partial charge on any atom is -0.379 e. The molecule has 8 nitrogen and oxygen atoms in total. The summed E-state index contributed by atoms with van der Waals surface area (Å²) in [6.07, 6.45) is 1.55. The van der Waals surface area contributed by atoms with Crippen LogP contribution in [0.2, 0.25) is 10.0 Å². The zero-order chi connectivity index (χ0) is 22.7. The molecule has 2 heterocycles. The number of halogens is 2. The molecule has 32 heavy (non-hydrogen) atoms. The predicted molar refractivity (Wildman–Crippen MR) is 122 cm³/mol. The van der Waals surface area contributed by atoms with Crippen LogP contribution in [0.4, 0.5) is 5.82 Å². The van der Waals surface area contributed by atoms with Crippen molar-refractivity contribution in [2.45, 2.75) is 11.4 Å². The van der Waals surface area contributed by atoms with Gasteiger partial charge in [-0.2, -0.15) is 9.40 Å². The lowest BCUT2D eigenvalue weighted by atomic mass is 10.2. The van der Waals surface area contributed by atoms with Crippen LogP contribution in [-0.2, 0) is 21.3 Å². The van der Waals surface area contributed by atoms with Gasteiger partial charge in [-0.15, -0.1) is 0 Å². The van der Waals surface area contributed by atoms with Gasteiger partial charge in [0.15, 0.2) is 0 Å². The van der Waals surface area contributed by atoms with Crippen LogP contribution in [0.3, 0.4) is 0 Å². The molecule has 4 rings (SSSR count). The Balaban J connectivity index is 1.57. The fourth-order valence-electron chi connectivity index (χ4n) is 3.31. The van der Waals surface area contributed by atoms with E-state index in [0.717, 1.165) is 5.56 Å². The number of hydrogen-bond donors (Lipinski definition) is 1. The van der Waals surface area contributed by atoms with Crippen LogP contribution in [0.1, 0.15) is 15.9 Å². The normalized spacial score (nSPS) is 14.9. The molecule has 1 aromatic heterocycles. The number of benzene rings is 2. The number of morpholine rings is 1. The van der Waals surface area contributed by atoms with E-state index in [-0.39, 0.29) is 28.6 Å².